The zero-order valence-electron chi connectivity index (χ0n) is 11.8. The van der Waals surface area contributed by atoms with Crippen LogP contribution < -0.4 is 5.63 Å². The summed E-state index contributed by atoms with van der Waals surface area (Å²) < 4.78 is 10.5. The van der Waals surface area contributed by atoms with Gasteiger partial charge in [-0.1, -0.05) is 30.3 Å². The Morgan fingerprint density at radius 3 is 2.61 bits per heavy atom. The largest absolute Gasteiger partial charge is 0.507 e. The average molecular weight is 306 g/mol. The van der Waals surface area contributed by atoms with E-state index in [1.165, 1.54) is 6.07 Å². The van der Waals surface area contributed by atoms with Crippen molar-refractivity contribution in [3.8, 4) is 28.3 Å². The Morgan fingerprint density at radius 1 is 0.957 bits per heavy atom. The molecule has 4 rings (SSSR count). The van der Waals surface area contributed by atoms with Crippen molar-refractivity contribution in [2.24, 2.45) is 0 Å². The summed E-state index contributed by atoms with van der Waals surface area (Å²) in [6.07, 6.45) is 0. The molecule has 2 aromatic carbocycles. The van der Waals surface area contributed by atoms with Crippen LogP contribution in [0, 0.1) is 0 Å². The van der Waals surface area contributed by atoms with Crippen molar-refractivity contribution in [1.82, 2.24) is 10.4 Å². The molecule has 0 saturated carbocycles. The van der Waals surface area contributed by atoms with Crippen molar-refractivity contribution < 1.29 is 14.0 Å². The summed E-state index contributed by atoms with van der Waals surface area (Å²) in [6, 6.07) is 15.5. The fourth-order valence-electron chi connectivity index (χ4n) is 2.44. The van der Waals surface area contributed by atoms with E-state index in [2.05, 4.69) is 10.4 Å². The van der Waals surface area contributed by atoms with E-state index in [1.807, 2.05) is 12.1 Å². The highest BCUT2D eigenvalue weighted by Crippen LogP contribution is 2.34. The van der Waals surface area contributed by atoms with Crippen molar-refractivity contribution in [3.05, 3.63) is 65.0 Å². The lowest BCUT2D eigenvalue weighted by Crippen LogP contribution is -2.02. The van der Waals surface area contributed by atoms with Crippen LogP contribution in [0.1, 0.15) is 0 Å². The van der Waals surface area contributed by atoms with Crippen molar-refractivity contribution >= 4 is 11.0 Å². The SMILES string of the molecule is O=c1oc2ccccc2cc1-c1onnc1-c1ccccc1O. The Balaban J connectivity index is 1.97. The normalized spacial score (nSPS) is 11.0. The second kappa shape index (κ2) is 5.10. The van der Waals surface area contributed by atoms with Crippen LogP contribution >= 0.6 is 0 Å². The maximum atomic E-state index is 12.3. The first-order valence-electron chi connectivity index (χ1n) is 6.88. The Hall–Kier alpha value is -3.41. The number of nitrogens with zero attached hydrogens (tertiary/aromatic N) is 2. The first-order chi connectivity index (χ1) is 11.2. The van der Waals surface area contributed by atoms with Crippen molar-refractivity contribution in [2.45, 2.75) is 0 Å². The van der Waals surface area contributed by atoms with Gasteiger partial charge in [-0.3, -0.25) is 0 Å². The predicted octanol–water partition coefficient (Wildman–Crippen LogP) is 3.22. The molecule has 112 valence electrons. The fraction of sp³-hybridized carbons (Fsp3) is 0. The number of aromatic nitrogens is 2. The summed E-state index contributed by atoms with van der Waals surface area (Å²) in [5.41, 5.74) is 0.839. The van der Waals surface area contributed by atoms with Gasteiger partial charge < -0.3 is 14.0 Å². The molecule has 23 heavy (non-hydrogen) atoms. The summed E-state index contributed by atoms with van der Waals surface area (Å²) in [6.45, 7) is 0. The smallest absolute Gasteiger partial charge is 0.347 e. The van der Waals surface area contributed by atoms with Crippen LogP contribution in [-0.2, 0) is 0 Å². The topological polar surface area (TPSA) is 89.4 Å². The Labute approximate surface area is 129 Å². The van der Waals surface area contributed by atoms with E-state index in [9.17, 15) is 9.90 Å². The molecule has 0 aliphatic carbocycles. The third-order valence-electron chi connectivity index (χ3n) is 3.53. The average Bonchev–Trinajstić information content (AvgIpc) is 3.03. The van der Waals surface area contributed by atoms with Gasteiger partial charge in [-0.05, 0) is 24.3 Å². The summed E-state index contributed by atoms with van der Waals surface area (Å²) in [5, 5.41) is 18.1. The van der Waals surface area contributed by atoms with Gasteiger partial charge in [-0.2, -0.15) is 0 Å². The Bertz CT molecular complexity index is 1070. The Morgan fingerprint density at radius 2 is 1.74 bits per heavy atom. The number of rotatable bonds is 2. The third kappa shape index (κ3) is 2.17. The first-order valence-corrected chi connectivity index (χ1v) is 6.88. The van der Waals surface area contributed by atoms with Gasteiger partial charge in [-0.25, -0.2) is 4.79 Å². The highest BCUT2D eigenvalue weighted by atomic mass is 16.5. The van der Waals surface area contributed by atoms with Crippen LogP contribution in [0.25, 0.3) is 33.6 Å². The van der Waals surface area contributed by atoms with Gasteiger partial charge in [0.1, 0.15) is 22.6 Å². The second-order valence-electron chi connectivity index (χ2n) is 4.95. The van der Waals surface area contributed by atoms with Crippen molar-refractivity contribution in [3.63, 3.8) is 0 Å². The van der Waals surface area contributed by atoms with E-state index >= 15 is 0 Å². The Kier molecular flexibility index (Phi) is 2.94. The quantitative estimate of drug-likeness (QED) is 0.572. The number of benzene rings is 2. The monoisotopic (exact) mass is 306 g/mol. The highest BCUT2D eigenvalue weighted by molar-refractivity contribution is 5.85. The molecule has 0 fully saturated rings. The minimum absolute atomic E-state index is 0.0228. The van der Waals surface area contributed by atoms with Crippen molar-refractivity contribution in [1.29, 1.82) is 0 Å². The summed E-state index contributed by atoms with van der Waals surface area (Å²) in [5.74, 6) is 0.181. The molecular formula is C17H10N2O4. The lowest BCUT2D eigenvalue weighted by atomic mass is 10.1. The maximum absolute atomic E-state index is 12.3. The number of fused-ring (bicyclic) bond motifs is 1. The highest BCUT2D eigenvalue weighted by Gasteiger charge is 2.21. The van der Waals surface area contributed by atoms with Crippen LogP contribution in [0.3, 0.4) is 0 Å². The second-order valence-corrected chi connectivity index (χ2v) is 4.95. The number of hydrogen-bond donors (Lipinski definition) is 1. The molecule has 2 heterocycles. The van der Waals surface area contributed by atoms with E-state index in [4.69, 9.17) is 8.94 Å². The van der Waals surface area contributed by atoms with Gasteiger partial charge in [0.25, 0.3) is 0 Å². The van der Waals surface area contributed by atoms with Crippen LogP contribution in [0.2, 0.25) is 0 Å². The van der Waals surface area contributed by atoms with Gasteiger partial charge >= 0.3 is 5.63 Å². The van der Waals surface area contributed by atoms with Gasteiger partial charge in [0, 0.05) is 16.2 Å². The zero-order valence-corrected chi connectivity index (χ0v) is 11.8. The summed E-state index contributed by atoms with van der Waals surface area (Å²) in [7, 11) is 0. The van der Waals surface area contributed by atoms with Gasteiger partial charge in [0.15, 0.2) is 0 Å². The third-order valence-corrected chi connectivity index (χ3v) is 3.53. The molecule has 0 unspecified atom stereocenters. The molecule has 0 saturated heterocycles. The van der Waals surface area contributed by atoms with Crippen LogP contribution in [0.5, 0.6) is 5.75 Å². The number of aromatic hydroxyl groups is 1. The number of phenols is 1. The molecule has 0 aliphatic rings. The van der Waals surface area contributed by atoms with E-state index < -0.39 is 5.63 Å². The zero-order chi connectivity index (χ0) is 15.8. The standard InChI is InChI=1S/C17H10N2O4/c20-13-7-3-2-6-11(13)15-16(23-19-18-15)12-9-10-5-1-4-8-14(10)22-17(12)21/h1-9,20H. The van der Waals surface area contributed by atoms with E-state index in [-0.39, 0.29) is 22.8 Å². The fourth-order valence-corrected chi connectivity index (χ4v) is 2.44. The molecule has 0 aliphatic heterocycles. The maximum Gasteiger partial charge on any atom is 0.347 e. The molecule has 6 heteroatoms. The molecule has 0 spiro atoms. The van der Waals surface area contributed by atoms with Gasteiger partial charge in [-0.15, -0.1) is 5.10 Å². The molecule has 6 nitrogen and oxygen atoms in total. The summed E-state index contributed by atoms with van der Waals surface area (Å²) >= 11 is 0. The molecule has 0 amide bonds. The lowest BCUT2D eigenvalue weighted by molar-refractivity contribution is 0.402. The number of phenolic OH excluding ortho intramolecular Hbond substituents is 1. The van der Waals surface area contributed by atoms with Gasteiger partial charge in [0.2, 0.25) is 5.76 Å². The van der Waals surface area contributed by atoms with Crippen LogP contribution in [-0.4, -0.2) is 15.5 Å². The molecule has 4 aromatic rings. The molecule has 1 N–H and O–H groups in total. The molecule has 0 atom stereocenters. The van der Waals surface area contributed by atoms with E-state index in [0.717, 1.165) is 5.39 Å². The van der Waals surface area contributed by atoms with E-state index in [0.29, 0.717) is 11.1 Å². The molecular weight excluding hydrogens is 296 g/mol. The molecule has 2 aromatic heterocycles. The molecule has 0 radical (unpaired) electrons. The number of hydrogen-bond acceptors (Lipinski definition) is 6. The van der Waals surface area contributed by atoms with E-state index in [1.54, 1.807) is 36.4 Å². The van der Waals surface area contributed by atoms with Crippen LogP contribution in [0.15, 0.2) is 68.3 Å². The minimum atomic E-state index is -0.557. The summed E-state index contributed by atoms with van der Waals surface area (Å²) in [4.78, 5) is 12.3. The number of para-hydroxylation sites is 2. The van der Waals surface area contributed by atoms with Gasteiger partial charge in [0.05, 0.1) is 0 Å². The lowest BCUT2D eigenvalue weighted by Gasteiger charge is -2.03. The predicted molar refractivity (Wildman–Crippen MR) is 82.9 cm³/mol. The van der Waals surface area contributed by atoms with Crippen LogP contribution in [0.4, 0.5) is 0 Å². The first kappa shape index (κ1) is 13.3. The van der Waals surface area contributed by atoms with Crippen molar-refractivity contribution in [2.75, 3.05) is 0 Å². The molecule has 0 bridgehead atoms. The minimum Gasteiger partial charge on any atom is -0.507 e.